The van der Waals surface area contributed by atoms with E-state index in [2.05, 4.69) is 50.0 Å². The Balaban J connectivity index is 1.47. The quantitative estimate of drug-likeness (QED) is 0.412. The van der Waals surface area contributed by atoms with Crippen LogP contribution in [0.5, 0.6) is 0 Å². The fourth-order valence-corrected chi connectivity index (χ4v) is 5.06. The van der Waals surface area contributed by atoms with Crippen LogP contribution in [0.25, 0.3) is 0 Å². The van der Waals surface area contributed by atoms with E-state index in [1.807, 2.05) is 12.3 Å². The summed E-state index contributed by atoms with van der Waals surface area (Å²) in [6, 6.07) is 6.58. The summed E-state index contributed by atoms with van der Waals surface area (Å²) in [5.41, 5.74) is 2.44. The summed E-state index contributed by atoms with van der Waals surface area (Å²) in [4.78, 5) is 21.5. The summed E-state index contributed by atoms with van der Waals surface area (Å²) >= 11 is 0. The number of carbonyl (C=O) groups excluding carboxylic acids is 1. The van der Waals surface area contributed by atoms with Crippen LogP contribution >= 0.6 is 0 Å². The zero-order chi connectivity index (χ0) is 24.9. The third-order valence-electron chi connectivity index (χ3n) is 6.77. The summed E-state index contributed by atoms with van der Waals surface area (Å²) in [5.74, 6) is 1.90. The lowest BCUT2D eigenvalue weighted by atomic mass is 10.2. The maximum absolute atomic E-state index is 12.9. The molecule has 9 nitrogen and oxygen atoms in total. The molecule has 1 saturated carbocycles. The monoisotopic (exact) mass is 478 g/mol. The Labute approximate surface area is 208 Å². The van der Waals surface area contributed by atoms with Gasteiger partial charge in [0, 0.05) is 70.3 Å². The lowest BCUT2D eigenvalue weighted by Gasteiger charge is -2.31. The van der Waals surface area contributed by atoms with Gasteiger partial charge in [-0.15, -0.1) is 0 Å². The van der Waals surface area contributed by atoms with E-state index in [9.17, 15) is 4.79 Å². The Morgan fingerprint density at radius 2 is 2.09 bits per heavy atom. The lowest BCUT2D eigenvalue weighted by molar-refractivity contribution is 0.0815. The van der Waals surface area contributed by atoms with Crippen molar-refractivity contribution < 1.29 is 4.79 Å². The fraction of sp³-hybridized carbons (Fsp3) is 0.500. The van der Waals surface area contributed by atoms with E-state index in [1.54, 1.807) is 25.1 Å². The second-order valence-electron chi connectivity index (χ2n) is 9.86. The number of hydrogen-bond donors (Lipinski definition) is 4. The van der Waals surface area contributed by atoms with Gasteiger partial charge in [0.05, 0.1) is 0 Å². The van der Waals surface area contributed by atoms with Gasteiger partial charge in [-0.3, -0.25) is 9.69 Å². The van der Waals surface area contributed by atoms with E-state index in [0.717, 1.165) is 57.7 Å². The second kappa shape index (κ2) is 11.0. The highest BCUT2D eigenvalue weighted by atomic mass is 16.2. The van der Waals surface area contributed by atoms with E-state index >= 15 is 0 Å². The topological polar surface area (TPSA) is 101 Å². The van der Waals surface area contributed by atoms with Crippen LogP contribution in [0, 0.1) is 5.41 Å². The third kappa shape index (κ3) is 5.91. The molecule has 1 amide bonds. The summed E-state index contributed by atoms with van der Waals surface area (Å²) in [7, 11) is 3.51. The number of nitrogens with zero attached hydrogens (tertiary/aromatic N) is 4. The van der Waals surface area contributed by atoms with Crippen molar-refractivity contribution >= 4 is 23.8 Å². The van der Waals surface area contributed by atoms with Crippen molar-refractivity contribution in [3.05, 3.63) is 53.6 Å². The van der Waals surface area contributed by atoms with Crippen molar-refractivity contribution in [3.8, 4) is 0 Å². The van der Waals surface area contributed by atoms with Crippen molar-refractivity contribution in [2.75, 3.05) is 44.4 Å². The average molecular weight is 479 g/mol. The number of pyridine rings is 1. The number of nitrogens with one attached hydrogen (secondary N) is 4. The molecule has 188 valence electrons. The highest BCUT2D eigenvalue weighted by molar-refractivity contribution is 5.98. The van der Waals surface area contributed by atoms with Crippen LogP contribution in [0.3, 0.4) is 0 Å². The van der Waals surface area contributed by atoms with E-state index in [-0.39, 0.29) is 11.9 Å². The molecule has 2 aliphatic rings. The van der Waals surface area contributed by atoms with Crippen LogP contribution < -0.4 is 16.0 Å². The smallest absolute Gasteiger partial charge is 0.270 e. The molecule has 0 unspecified atom stereocenters. The standard InChI is InChI=1S/C26H38N8O/c1-18-16-33(12-11-28-18)17-20-9-10-24(29-15-20)30-19(2)31-25-21(14-27)13-23(26(35)32(3)4)34(25)22-7-5-6-8-22/h9-10,13-15,18,22,27-28,31H,2,5-8,11-12,16-17H2,1,3-4H3,(H,29,30)/t18-/m0/s1. The molecule has 0 radical (unpaired) electrons. The highest BCUT2D eigenvalue weighted by Gasteiger charge is 2.28. The van der Waals surface area contributed by atoms with Gasteiger partial charge in [-0.25, -0.2) is 4.98 Å². The van der Waals surface area contributed by atoms with Gasteiger partial charge in [0.25, 0.3) is 5.91 Å². The van der Waals surface area contributed by atoms with E-state index in [4.69, 9.17) is 5.41 Å². The number of rotatable bonds is 9. The summed E-state index contributed by atoms with van der Waals surface area (Å²) < 4.78 is 2.06. The lowest BCUT2D eigenvalue weighted by Crippen LogP contribution is -2.48. The van der Waals surface area contributed by atoms with Crippen molar-refractivity contribution in [2.45, 2.75) is 51.2 Å². The first-order valence-electron chi connectivity index (χ1n) is 12.5. The Morgan fingerprint density at radius 3 is 2.71 bits per heavy atom. The molecule has 0 bridgehead atoms. The molecule has 1 atom stereocenters. The molecule has 4 N–H and O–H groups in total. The Morgan fingerprint density at radius 1 is 1.31 bits per heavy atom. The second-order valence-corrected chi connectivity index (χ2v) is 9.86. The zero-order valence-electron chi connectivity index (χ0n) is 21.1. The molecule has 0 aromatic carbocycles. The van der Waals surface area contributed by atoms with E-state index in [0.29, 0.717) is 28.9 Å². The highest BCUT2D eigenvalue weighted by Crippen LogP contribution is 2.36. The normalized spacial score (nSPS) is 18.9. The van der Waals surface area contributed by atoms with Gasteiger partial charge in [-0.05, 0) is 37.5 Å². The van der Waals surface area contributed by atoms with E-state index < -0.39 is 0 Å². The van der Waals surface area contributed by atoms with Crippen molar-refractivity contribution in [3.63, 3.8) is 0 Å². The predicted molar refractivity (Wildman–Crippen MR) is 141 cm³/mol. The van der Waals surface area contributed by atoms with Gasteiger partial charge in [-0.1, -0.05) is 25.5 Å². The van der Waals surface area contributed by atoms with Crippen LogP contribution in [0.15, 0.2) is 36.8 Å². The first-order chi connectivity index (χ1) is 16.9. The molecule has 9 heteroatoms. The first-order valence-corrected chi connectivity index (χ1v) is 12.5. The van der Waals surface area contributed by atoms with Crippen molar-refractivity contribution in [2.24, 2.45) is 0 Å². The van der Waals surface area contributed by atoms with Crippen molar-refractivity contribution in [1.29, 1.82) is 5.41 Å². The number of carbonyl (C=O) groups is 1. The Kier molecular flexibility index (Phi) is 7.87. The molecule has 1 aliphatic carbocycles. The van der Waals surface area contributed by atoms with Crippen LogP contribution in [0.2, 0.25) is 0 Å². The van der Waals surface area contributed by atoms with Gasteiger partial charge in [0.15, 0.2) is 0 Å². The molecular weight excluding hydrogens is 440 g/mol. The fourth-order valence-electron chi connectivity index (χ4n) is 5.06. The molecule has 1 aliphatic heterocycles. The summed E-state index contributed by atoms with van der Waals surface area (Å²) in [6.45, 7) is 10.3. The van der Waals surface area contributed by atoms with Crippen LogP contribution in [0.1, 0.15) is 60.3 Å². The molecule has 2 aromatic rings. The number of aromatic nitrogens is 2. The van der Waals surface area contributed by atoms with Gasteiger partial charge in [-0.2, -0.15) is 0 Å². The van der Waals surface area contributed by atoms with Gasteiger partial charge in [0.2, 0.25) is 0 Å². The molecule has 35 heavy (non-hydrogen) atoms. The molecule has 4 rings (SSSR count). The number of piperazine rings is 1. The number of anilines is 2. The van der Waals surface area contributed by atoms with Crippen LogP contribution in [-0.2, 0) is 6.54 Å². The summed E-state index contributed by atoms with van der Waals surface area (Å²) in [6.07, 6.45) is 7.50. The molecule has 3 heterocycles. The van der Waals surface area contributed by atoms with Crippen molar-refractivity contribution in [1.82, 2.24) is 24.7 Å². The maximum atomic E-state index is 12.9. The average Bonchev–Trinajstić information content (AvgIpc) is 3.47. The van der Waals surface area contributed by atoms with Gasteiger partial charge < -0.3 is 30.8 Å². The number of amides is 1. The third-order valence-corrected chi connectivity index (χ3v) is 6.77. The van der Waals surface area contributed by atoms with E-state index in [1.165, 1.54) is 11.8 Å². The number of hydrogen-bond acceptors (Lipinski definition) is 7. The first kappa shape index (κ1) is 24.9. The van der Waals surface area contributed by atoms with Gasteiger partial charge in [0.1, 0.15) is 23.2 Å². The van der Waals surface area contributed by atoms with Gasteiger partial charge >= 0.3 is 0 Å². The SMILES string of the molecule is C=C(Nc1ccc(CN2CCN[C@@H](C)C2)cn1)Nc1c(C=N)cc(C(=O)N(C)C)n1C1CCCC1. The molecule has 2 aromatic heterocycles. The molecule has 0 spiro atoms. The minimum atomic E-state index is -0.0669. The molecule has 2 fully saturated rings. The minimum Gasteiger partial charge on any atom is -0.343 e. The molecule has 1 saturated heterocycles. The Bertz CT molecular complexity index is 1050. The minimum absolute atomic E-state index is 0.0669. The van der Waals surface area contributed by atoms with Crippen LogP contribution in [0.4, 0.5) is 11.6 Å². The van der Waals surface area contributed by atoms with Crippen LogP contribution in [-0.4, -0.2) is 71.2 Å². The summed E-state index contributed by atoms with van der Waals surface area (Å²) in [5, 5.41) is 18.0. The molecular formula is C26H38N8O. The predicted octanol–water partition coefficient (Wildman–Crippen LogP) is 3.49. The largest absolute Gasteiger partial charge is 0.343 e. The Hall–Kier alpha value is -3.17. The maximum Gasteiger partial charge on any atom is 0.270 e. The zero-order valence-corrected chi connectivity index (χ0v) is 21.1.